The quantitative estimate of drug-likeness (QED) is 0.778. The van der Waals surface area contributed by atoms with Crippen LogP contribution in [-0.2, 0) is 6.42 Å². The normalized spacial score (nSPS) is 10.4. The Morgan fingerprint density at radius 2 is 1.94 bits per heavy atom. The molecule has 94 valence electrons. The molecule has 0 aliphatic rings. The maximum absolute atomic E-state index is 12.2. The molecule has 0 spiro atoms. The summed E-state index contributed by atoms with van der Waals surface area (Å²) in [4.78, 5) is 12.8. The lowest BCUT2D eigenvalue weighted by Gasteiger charge is -2.06. The second kappa shape index (κ2) is 5.74. The summed E-state index contributed by atoms with van der Waals surface area (Å²) in [5, 5.41) is 2.83. The number of carbonyl (C=O) groups is 1. The molecule has 1 aromatic carbocycles. The minimum absolute atomic E-state index is 0.0446. The second-order valence-corrected chi connectivity index (χ2v) is 5.35. The number of benzene rings is 1. The predicted octanol–water partition coefficient (Wildman–Crippen LogP) is 4.49. The van der Waals surface area contributed by atoms with E-state index < -0.39 is 0 Å². The van der Waals surface area contributed by atoms with E-state index in [1.54, 1.807) is 31.4 Å². The molecule has 2 nitrogen and oxygen atoms in total. The standard InChI is InChI=1S/C13H10Cl2O2S/c1-17-12-5-6-18-13(12)11(16)7-8-9(14)3-2-4-10(8)15/h2-6H,7H2,1H3. The van der Waals surface area contributed by atoms with Gasteiger partial charge in [0.15, 0.2) is 5.78 Å². The monoisotopic (exact) mass is 300 g/mol. The Bertz CT molecular complexity index is 558. The maximum atomic E-state index is 12.2. The molecule has 0 radical (unpaired) electrons. The zero-order chi connectivity index (χ0) is 13.1. The fraction of sp³-hybridized carbons (Fsp3) is 0.154. The van der Waals surface area contributed by atoms with Crippen LogP contribution in [0.15, 0.2) is 29.6 Å². The number of ether oxygens (including phenoxy) is 1. The summed E-state index contributed by atoms with van der Waals surface area (Å²) in [5.74, 6) is 0.546. The summed E-state index contributed by atoms with van der Waals surface area (Å²) in [6, 6.07) is 6.97. The van der Waals surface area contributed by atoms with Crippen molar-refractivity contribution in [1.29, 1.82) is 0 Å². The summed E-state index contributed by atoms with van der Waals surface area (Å²) < 4.78 is 5.13. The van der Waals surface area contributed by atoms with Gasteiger partial charge in [-0.25, -0.2) is 0 Å². The van der Waals surface area contributed by atoms with E-state index in [0.717, 1.165) is 0 Å². The number of hydrogen-bond donors (Lipinski definition) is 0. The van der Waals surface area contributed by atoms with E-state index in [-0.39, 0.29) is 12.2 Å². The molecule has 1 heterocycles. The summed E-state index contributed by atoms with van der Waals surface area (Å²) in [6.07, 6.45) is 0.176. The van der Waals surface area contributed by atoms with Gasteiger partial charge in [0.05, 0.1) is 7.11 Å². The van der Waals surface area contributed by atoms with Crippen molar-refractivity contribution in [2.24, 2.45) is 0 Å². The van der Waals surface area contributed by atoms with Crippen LogP contribution in [-0.4, -0.2) is 12.9 Å². The van der Waals surface area contributed by atoms with Crippen molar-refractivity contribution in [3.05, 3.63) is 50.1 Å². The molecule has 2 aromatic rings. The van der Waals surface area contributed by atoms with Crippen LogP contribution >= 0.6 is 34.5 Å². The van der Waals surface area contributed by atoms with Gasteiger partial charge in [0.2, 0.25) is 0 Å². The molecule has 0 fully saturated rings. The first-order valence-corrected chi connectivity index (χ1v) is 6.84. The predicted molar refractivity (Wildman–Crippen MR) is 75.4 cm³/mol. The summed E-state index contributed by atoms with van der Waals surface area (Å²) in [6.45, 7) is 0. The first-order chi connectivity index (χ1) is 8.63. The van der Waals surface area contributed by atoms with Gasteiger partial charge in [0.25, 0.3) is 0 Å². The van der Waals surface area contributed by atoms with Crippen molar-refractivity contribution in [1.82, 2.24) is 0 Å². The van der Waals surface area contributed by atoms with Crippen molar-refractivity contribution >= 4 is 40.3 Å². The van der Waals surface area contributed by atoms with Gasteiger partial charge < -0.3 is 4.74 Å². The molecule has 18 heavy (non-hydrogen) atoms. The van der Waals surface area contributed by atoms with Gasteiger partial charge in [-0.3, -0.25) is 4.79 Å². The Kier molecular flexibility index (Phi) is 4.27. The smallest absolute Gasteiger partial charge is 0.181 e. The van der Waals surface area contributed by atoms with Gasteiger partial charge in [-0.05, 0) is 29.1 Å². The molecule has 0 aliphatic carbocycles. The van der Waals surface area contributed by atoms with Gasteiger partial charge in [-0.15, -0.1) is 11.3 Å². The molecule has 0 aliphatic heterocycles. The van der Waals surface area contributed by atoms with E-state index in [1.165, 1.54) is 11.3 Å². The van der Waals surface area contributed by atoms with E-state index in [2.05, 4.69) is 0 Å². The van der Waals surface area contributed by atoms with Crippen LogP contribution in [0.2, 0.25) is 10.0 Å². The number of thiophene rings is 1. The van der Waals surface area contributed by atoms with Gasteiger partial charge in [0.1, 0.15) is 10.6 Å². The Hall–Kier alpha value is -1.03. The van der Waals surface area contributed by atoms with Crippen LogP contribution < -0.4 is 4.74 Å². The minimum atomic E-state index is -0.0446. The minimum Gasteiger partial charge on any atom is -0.495 e. The van der Waals surface area contributed by atoms with Crippen LogP contribution in [0.5, 0.6) is 5.75 Å². The first-order valence-electron chi connectivity index (χ1n) is 5.21. The van der Waals surface area contributed by atoms with Crippen molar-refractivity contribution in [2.45, 2.75) is 6.42 Å². The summed E-state index contributed by atoms with van der Waals surface area (Å²) in [5.41, 5.74) is 0.654. The third-order valence-corrected chi connectivity index (χ3v) is 4.15. The number of rotatable bonds is 4. The molecule has 5 heteroatoms. The van der Waals surface area contributed by atoms with Gasteiger partial charge >= 0.3 is 0 Å². The molecular formula is C13H10Cl2O2S. The molecule has 0 saturated carbocycles. The fourth-order valence-electron chi connectivity index (χ4n) is 1.60. The van der Waals surface area contributed by atoms with Crippen LogP contribution in [0.4, 0.5) is 0 Å². The molecule has 0 unspecified atom stereocenters. The largest absolute Gasteiger partial charge is 0.495 e. The highest BCUT2D eigenvalue weighted by Gasteiger charge is 2.17. The zero-order valence-electron chi connectivity index (χ0n) is 9.57. The van der Waals surface area contributed by atoms with Gasteiger partial charge in [0, 0.05) is 16.5 Å². The maximum Gasteiger partial charge on any atom is 0.181 e. The zero-order valence-corrected chi connectivity index (χ0v) is 11.9. The molecule has 1 aromatic heterocycles. The van der Waals surface area contributed by atoms with Crippen molar-refractivity contribution in [3.8, 4) is 5.75 Å². The highest BCUT2D eigenvalue weighted by atomic mass is 35.5. The number of methoxy groups -OCH3 is 1. The highest BCUT2D eigenvalue weighted by molar-refractivity contribution is 7.12. The van der Waals surface area contributed by atoms with Crippen LogP contribution in [0, 0.1) is 0 Å². The van der Waals surface area contributed by atoms with E-state index in [9.17, 15) is 4.79 Å². The molecular weight excluding hydrogens is 291 g/mol. The average molecular weight is 301 g/mol. The third-order valence-electron chi connectivity index (χ3n) is 2.50. The first kappa shape index (κ1) is 13.4. The van der Waals surface area contributed by atoms with Gasteiger partial charge in [-0.1, -0.05) is 29.3 Å². The number of halogens is 2. The van der Waals surface area contributed by atoms with Crippen LogP contribution in [0.25, 0.3) is 0 Å². The number of hydrogen-bond acceptors (Lipinski definition) is 3. The van der Waals surface area contributed by atoms with Crippen LogP contribution in [0.3, 0.4) is 0 Å². The molecule has 0 amide bonds. The Morgan fingerprint density at radius 1 is 1.28 bits per heavy atom. The van der Waals surface area contributed by atoms with E-state index in [4.69, 9.17) is 27.9 Å². The molecule has 0 atom stereocenters. The van der Waals surface area contributed by atoms with Crippen molar-refractivity contribution in [3.63, 3.8) is 0 Å². The van der Waals surface area contributed by atoms with E-state index in [1.807, 2.05) is 5.38 Å². The number of ketones is 1. The molecule has 2 rings (SSSR count). The third kappa shape index (κ3) is 2.69. The molecule has 0 bridgehead atoms. The number of carbonyl (C=O) groups excluding carboxylic acids is 1. The topological polar surface area (TPSA) is 26.3 Å². The Balaban J connectivity index is 2.27. The average Bonchev–Trinajstić information content (AvgIpc) is 2.82. The summed E-state index contributed by atoms with van der Waals surface area (Å²) >= 11 is 13.4. The van der Waals surface area contributed by atoms with E-state index >= 15 is 0 Å². The van der Waals surface area contributed by atoms with Crippen molar-refractivity contribution < 1.29 is 9.53 Å². The summed E-state index contributed by atoms with van der Waals surface area (Å²) in [7, 11) is 1.54. The SMILES string of the molecule is COc1ccsc1C(=O)Cc1c(Cl)cccc1Cl. The fourth-order valence-corrected chi connectivity index (χ4v) is 2.93. The molecule has 0 saturated heterocycles. The van der Waals surface area contributed by atoms with Crippen molar-refractivity contribution in [2.75, 3.05) is 7.11 Å². The van der Waals surface area contributed by atoms with Gasteiger partial charge in [-0.2, -0.15) is 0 Å². The number of Topliss-reactive ketones (excluding diaryl/α,β-unsaturated/α-hetero) is 1. The lowest BCUT2D eigenvalue weighted by Crippen LogP contribution is -2.04. The van der Waals surface area contributed by atoms with Crippen LogP contribution in [0.1, 0.15) is 15.2 Å². The molecule has 0 N–H and O–H groups in total. The Labute approximate surface area is 119 Å². The Morgan fingerprint density at radius 3 is 2.56 bits per heavy atom. The van der Waals surface area contributed by atoms with E-state index in [0.29, 0.717) is 26.2 Å². The highest BCUT2D eigenvalue weighted by Crippen LogP contribution is 2.29. The second-order valence-electron chi connectivity index (χ2n) is 3.62. The lowest BCUT2D eigenvalue weighted by molar-refractivity contribution is 0.0994. The lowest BCUT2D eigenvalue weighted by atomic mass is 10.1.